The zero-order valence-corrected chi connectivity index (χ0v) is 18.3. The molecule has 7 nitrogen and oxygen atoms in total. The second kappa shape index (κ2) is 11.3. The summed E-state index contributed by atoms with van der Waals surface area (Å²) in [6, 6.07) is 7.37. The Morgan fingerprint density at radius 3 is 2.63 bits per heavy atom. The van der Waals surface area contributed by atoms with Crippen molar-refractivity contribution >= 4 is 36.6 Å². The number of carbonyl (C=O) groups is 2. The number of likely N-dealkylation sites (tertiary alicyclic amines) is 1. The van der Waals surface area contributed by atoms with E-state index in [-0.39, 0.29) is 42.7 Å². The van der Waals surface area contributed by atoms with Crippen LogP contribution in [0.2, 0.25) is 0 Å². The standard InChI is InChI=1S/C21H26N4O3.2ClH/c26-20(18-4-1-9-23-18)24-11-15-3-2-10-25(13-15)21(27)17-7-5-16(6-8-17)19-12-22-14-28-19;;/h5-8,12,14-15,18,23H,1-4,9-11,13H2,(H,24,26);2*1H. The Bertz CT molecular complexity index is 808. The van der Waals surface area contributed by atoms with E-state index in [0.717, 1.165) is 44.3 Å². The van der Waals surface area contributed by atoms with E-state index < -0.39 is 0 Å². The van der Waals surface area contributed by atoms with Crippen molar-refractivity contribution < 1.29 is 14.0 Å². The third-order valence-electron chi connectivity index (χ3n) is 5.60. The largest absolute Gasteiger partial charge is 0.444 e. The molecule has 2 aliphatic heterocycles. The number of aromatic nitrogens is 1. The fraction of sp³-hybridized carbons (Fsp3) is 0.476. The van der Waals surface area contributed by atoms with Crippen molar-refractivity contribution in [3.8, 4) is 11.3 Å². The van der Waals surface area contributed by atoms with Crippen LogP contribution in [0.25, 0.3) is 11.3 Å². The Kier molecular flexibility index (Phi) is 9.14. The minimum Gasteiger partial charge on any atom is -0.444 e. The molecule has 3 heterocycles. The van der Waals surface area contributed by atoms with Gasteiger partial charge < -0.3 is 20.0 Å². The van der Waals surface area contributed by atoms with E-state index in [9.17, 15) is 9.59 Å². The summed E-state index contributed by atoms with van der Waals surface area (Å²) in [6.45, 7) is 2.99. The molecule has 9 heteroatoms. The Morgan fingerprint density at radius 2 is 1.97 bits per heavy atom. The lowest BCUT2D eigenvalue weighted by Gasteiger charge is -2.33. The molecular weight excluding hydrogens is 427 g/mol. The van der Waals surface area contributed by atoms with Gasteiger partial charge in [0.05, 0.1) is 12.2 Å². The van der Waals surface area contributed by atoms with Crippen molar-refractivity contribution in [3.63, 3.8) is 0 Å². The smallest absolute Gasteiger partial charge is 0.253 e. The van der Waals surface area contributed by atoms with Crippen LogP contribution in [-0.2, 0) is 4.79 Å². The molecule has 1 aromatic heterocycles. The van der Waals surface area contributed by atoms with Gasteiger partial charge in [-0.1, -0.05) is 12.1 Å². The summed E-state index contributed by atoms with van der Waals surface area (Å²) in [5.74, 6) is 1.11. The average molecular weight is 455 g/mol. The minimum absolute atomic E-state index is 0. The number of benzene rings is 1. The number of carbonyl (C=O) groups excluding carboxylic acids is 2. The maximum absolute atomic E-state index is 12.9. The number of oxazole rings is 1. The number of piperidine rings is 1. The van der Waals surface area contributed by atoms with Crippen LogP contribution in [0, 0.1) is 5.92 Å². The van der Waals surface area contributed by atoms with Gasteiger partial charge in [0.1, 0.15) is 0 Å². The topological polar surface area (TPSA) is 87.5 Å². The van der Waals surface area contributed by atoms with Gasteiger partial charge in [0.15, 0.2) is 12.2 Å². The molecule has 2 unspecified atom stereocenters. The molecule has 2 aliphatic rings. The van der Waals surface area contributed by atoms with Crippen LogP contribution in [-0.4, -0.2) is 53.9 Å². The lowest BCUT2D eigenvalue weighted by Crippen LogP contribution is -2.46. The molecule has 30 heavy (non-hydrogen) atoms. The molecule has 4 rings (SSSR count). The summed E-state index contributed by atoms with van der Waals surface area (Å²) in [4.78, 5) is 30.9. The summed E-state index contributed by atoms with van der Waals surface area (Å²) >= 11 is 0. The molecule has 0 radical (unpaired) electrons. The first-order valence-corrected chi connectivity index (χ1v) is 10.00. The van der Waals surface area contributed by atoms with E-state index in [4.69, 9.17) is 4.42 Å². The molecule has 2 atom stereocenters. The summed E-state index contributed by atoms with van der Waals surface area (Å²) < 4.78 is 5.29. The lowest BCUT2D eigenvalue weighted by molar-refractivity contribution is -0.123. The van der Waals surface area contributed by atoms with Crippen LogP contribution in [0.1, 0.15) is 36.0 Å². The molecule has 0 spiro atoms. The van der Waals surface area contributed by atoms with Crippen LogP contribution < -0.4 is 10.6 Å². The monoisotopic (exact) mass is 454 g/mol. The van der Waals surface area contributed by atoms with Gasteiger partial charge in [0.25, 0.3) is 5.91 Å². The Hall–Kier alpha value is -2.09. The van der Waals surface area contributed by atoms with Crippen molar-refractivity contribution in [3.05, 3.63) is 42.4 Å². The van der Waals surface area contributed by atoms with Crippen LogP contribution in [0.15, 0.2) is 41.3 Å². The number of halogens is 2. The molecule has 2 fully saturated rings. The zero-order chi connectivity index (χ0) is 19.3. The van der Waals surface area contributed by atoms with Crippen LogP contribution in [0.5, 0.6) is 0 Å². The molecule has 0 saturated carbocycles. The Labute approximate surface area is 188 Å². The Balaban J connectivity index is 0.00000160. The fourth-order valence-electron chi connectivity index (χ4n) is 4.01. The van der Waals surface area contributed by atoms with E-state index >= 15 is 0 Å². The second-order valence-corrected chi connectivity index (χ2v) is 7.60. The molecule has 2 saturated heterocycles. The second-order valence-electron chi connectivity index (χ2n) is 7.60. The van der Waals surface area contributed by atoms with E-state index in [2.05, 4.69) is 15.6 Å². The quantitative estimate of drug-likeness (QED) is 0.724. The maximum atomic E-state index is 12.9. The summed E-state index contributed by atoms with van der Waals surface area (Å²) in [5.41, 5.74) is 1.57. The van der Waals surface area contributed by atoms with Crippen LogP contribution >= 0.6 is 24.8 Å². The van der Waals surface area contributed by atoms with Crippen molar-refractivity contribution in [1.29, 1.82) is 0 Å². The van der Waals surface area contributed by atoms with Gasteiger partial charge in [-0.15, -0.1) is 24.8 Å². The third kappa shape index (κ3) is 5.74. The number of hydrogen-bond acceptors (Lipinski definition) is 5. The number of nitrogens with one attached hydrogen (secondary N) is 2. The number of amides is 2. The highest BCUT2D eigenvalue weighted by molar-refractivity contribution is 5.94. The maximum Gasteiger partial charge on any atom is 0.253 e. The number of rotatable bonds is 5. The predicted molar refractivity (Wildman–Crippen MR) is 119 cm³/mol. The first-order chi connectivity index (χ1) is 13.7. The van der Waals surface area contributed by atoms with Gasteiger partial charge in [-0.2, -0.15) is 0 Å². The molecule has 0 aliphatic carbocycles. The highest BCUT2D eigenvalue weighted by atomic mass is 35.5. The fourth-order valence-corrected chi connectivity index (χ4v) is 4.01. The molecule has 1 aromatic carbocycles. The van der Waals surface area contributed by atoms with E-state index in [1.165, 1.54) is 6.39 Å². The summed E-state index contributed by atoms with van der Waals surface area (Å²) in [5, 5.41) is 6.28. The normalized spacial score (nSPS) is 20.7. The van der Waals surface area contributed by atoms with Gasteiger partial charge in [0, 0.05) is 30.8 Å². The van der Waals surface area contributed by atoms with Gasteiger partial charge in [0.2, 0.25) is 5.91 Å². The van der Waals surface area contributed by atoms with Crippen molar-refractivity contribution in [2.45, 2.75) is 31.7 Å². The average Bonchev–Trinajstić information content (AvgIpc) is 3.46. The first kappa shape index (κ1) is 24.2. The summed E-state index contributed by atoms with van der Waals surface area (Å²) in [7, 11) is 0. The van der Waals surface area contributed by atoms with Gasteiger partial charge in [-0.25, -0.2) is 4.98 Å². The molecule has 0 bridgehead atoms. The highest BCUT2D eigenvalue weighted by Crippen LogP contribution is 2.22. The van der Waals surface area contributed by atoms with Crippen molar-refractivity contribution in [2.24, 2.45) is 5.92 Å². The lowest BCUT2D eigenvalue weighted by atomic mass is 9.97. The van der Waals surface area contributed by atoms with Crippen LogP contribution in [0.4, 0.5) is 0 Å². The zero-order valence-electron chi connectivity index (χ0n) is 16.7. The van der Waals surface area contributed by atoms with E-state index in [1.54, 1.807) is 6.20 Å². The minimum atomic E-state index is -0.0517. The predicted octanol–water partition coefficient (Wildman–Crippen LogP) is 2.91. The van der Waals surface area contributed by atoms with Gasteiger partial charge >= 0.3 is 0 Å². The highest BCUT2D eigenvalue weighted by Gasteiger charge is 2.27. The van der Waals surface area contributed by atoms with Crippen molar-refractivity contribution in [2.75, 3.05) is 26.2 Å². The molecule has 2 aromatic rings. The Morgan fingerprint density at radius 1 is 1.17 bits per heavy atom. The number of hydrogen-bond donors (Lipinski definition) is 2. The SMILES string of the molecule is Cl.Cl.O=C(NCC1CCCN(C(=O)c2ccc(-c3cnco3)cc2)C1)C1CCCN1. The molecule has 2 N–H and O–H groups in total. The summed E-state index contributed by atoms with van der Waals surface area (Å²) in [6.07, 6.45) is 7.01. The van der Waals surface area contributed by atoms with Crippen molar-refractivity contribution in [1.82, 2.24) is 20.5 Å². The molecular formula is C21H28Cl2N4O3. The van der Waals surface area contributed by atoms with Gasteiger partial charge in [-0.3, -0.25) is 9.59 Å². The first-order valence-electron chi connectivity index (χ1n) is 10.00. The van der Waals surface area contributed by atoms with Gasteiger partial charge in [-0.05, 0) is 50.3 Å². The number of nitrogens with zero attached hydrogens (tertiary/aromatic N) is 2. The van der Waals surface area contributed by atoms with E-state index in [0.29, 0.717) is 30.3 Å². The molecule has 164 valence electrons. The molecule has 2 amide bonds. The van der Waals surface area contributed by atoms with E-state index in [1.807, 2.05) is 29.2 Å². The third-order valence-corrected chi connectivity index (χ3v) is 5.60. The van der Waals surface area contributed by atoms with Crippen LogP contribution in [0.3, 0.4) is 0 Å².